The lowest BCUT2D eigenvalue weighted by Gasteiger charge is -2.46. The predicted octanol–water partition coefficient (Wildman–Crippen LogP) is 5.18. The second-order valence-electron chi connectivity index (χ2n) is 11.7. The molecule has 5 rings (SSSR count). The molecule has 1 spiro atoms. The molecule has 0 radical (unpaired) electrons. The molecule has 1 aromatic carbocycles. The number of amides is 2. The standard InChI is InChI=1S/C31H42N2O3/c34-29-12-11-28(30(35)32-29)26-10-4-8-24(22-26)9-5-21-36-27-13-15-31(16-14-27)17-19-33(20-18-31)23-25-6-2-1-3-7-25/h4,8,10,22,25,27-28H,1-3,6-7,11-21,23H2,(H,32,34,35). The van der Waals surface area contributed by atoms with Crippen LogP contribution in [0.25, 0.3) is 0 Å². The van der Waals surface area contributed by atoms with Crippen molar-refractivity contribution in [2.24, 2.45) is 11.3 Å². The van der Waals surface area contributed by atoms with Gasteiger partial charge in [0.2, 0.25) is 11.8 Å². The van der Waals surface area contributed by atoms with E-state index in [0.29, 0.717) is 31.0 Å². The summed E-state index contributed by atoms with van der Waals surface area (Å²) < 4.78 is 6.15. The Balaban J connectivity index is 1.03. The Kier molecular flexibility index (Phi) is 8.44. The van der Waals surface area contributed by atoms with E-state index >= 15 is 0 Å². The van der Waals surface area contributed by atoms with Crippen LogP contribution in [0.3, 0.4) is 0 Å². The van der Waals surface area contributed by atoms with Gasteiger partial charge >= 0.3 is 0 Å². The largest absolute Gasteiger partial charge is 0.366 e. The number of nitrogens with one attached hydrogen (secondary N) is 1. The summed E-state index contributed by atoms with van der Waals surface area (Å²) in [5, 5.41) is 2.44. The maximum Gasteiger partial charge on any atom is 0.234 e. The lowest BCUT2D eigenvalue weighted by Crippen LogP contribution is -2.44. The molecule has 1 aromatic rings. The Morgan fingerprint density at radius 1 is 0.972 bits per heavy atom. The fourth-order valence-corrected chi connectivity index (χ4v) is 6.96. The van der Waals surface area contributed by atoms with Crippen molar-refractivity contribution < 1.29 is 14.3 Å². The summed E-state index contributed by atoms with van der Waals surface area (Å²) in [6, 6.07) is 7.82. The van der Waals surface area contributed by atoms with Crippen LogP contribution in [0.4, 0.5) is 0 Å². The summed E-state index contributed by atoms with van der Waals surface area (Å²) in [7, 11) is 0. The van der Waals surface area contributed by atoms with Crippen LogP contribution in [0, 0.1) is 23.2 Å². The summed E-state index contributed by atoms with van der Waals surface area (Å²) in [5.74, 6) is 6.68. The molecule has 1 atom stereocenters. The molecule has 0 aromatic heterocycles. The lowest BCUT2D eigenvalue weighted by atomic mass is 9.67. The molecule has 4 fully saturated rings. The molecule has 5 nitrogen and oxygen atoms in total. The highest BCUT2D eigenvalue weighted by molar-refractivity contribution is 6.00. The van der Waals surface area contributed by atoms with Gasteiger partial charge in [0.05, 0.1) is 12.0 Å². The third-order valence-electron chi connectivity index (χ3n) is 9.30. The molecule has 36 heavy (non-hydrogen) atoms. The second kappa shape index (κ2) is 11.9. The number of likely N-dealkylation sites (tertiary alicyclic amines) is 1. The number of nitrogens with zero attached hydrogens (tertiary/aromatic N) is 1. The van der Waals surface area contributed by atoms with Gasteiger partial charge in [-0.3, -0.25) is 14.9 Å². The molecule has 2 heterocycles. The number of carbonyl (C=O) groups excluding carboxylic acids is 2. The lowest BCUT2D eigenvalue weighted by molar-refractivity contribution is -0.134. The summed E-state index contributed by atoms with van der Waals surface area (Å²) in [6.45, 7) is 4.39. The van der Waals surface area contributed by atoms with Gasteiger partial charge in [-0.1, -0.05) is 43.2 Å². The second-order valence-corrected chi connectivity index (χ2v) is 11.7. The average molecular weight is 491 g/mol. The summed E-state index contributed by atoms with van der Waals surface area (Å²) in [5.41, 5.74) is 2.38. The molecule has 0 bridgehead atoms. The number of ether oxygens (including phenoxy) is 1. The van der Waals surface area contributed by atoms with E-state index in [1.54, 1.807) is 0 Å². The molecule has 5 heteroatoms. The predicted molar refractivity (Wildman–Crippen MR) is 141 cm³/mol. The topological polar surface area (TPSA) is 58.6 Å². The van der Waals surface area contributed by atoms with Crippen LogP contribution in [-0.4, -0.2) is 49.1 Å². The zero-order valence-electron chi connectivity index (χ0n) is 21.7. The van der Waals surface area contributed by atoms with Crippen LogP contribution < -0.4 is 5.32 Å². The van der Waals surface area contributed by atoms with E-state index < -0.39 is 0 Å². The summed E-state index contributed by atoms with van der Waals surface area (Å²) >= 11 is 0. The van der Waals surface area contributed by atoms with Gasteiger partial charge in [0, 0.05) is 18.5 Å². The Labute approximate surface area is 216 Å². The fourth-order valence-electron chi connectivity index (χ4n) is 6.96. The number of imide groups is 1. The number of rotatable bonds is 5. The fraction of sp³-hybridized carbons (Fsp3) is 0.677. The zero-order valence-corrected chi connectivity index (χ0v) is 21.7. The first-order valence-electron chi connectivity index (χ1n) is 14.4. The minimum absolute atomic E-state index is 0.182. The molecular weight excluding hydrogens is 448 g/mol. The summed E-state index contributed by atoms with van der Waals surface area (Å²) in [6.07, 6.45) is 16.2. The molecule has 2 saturated heterocycles. The van der Waals surface area contributed by atoms with Crippen molar-refractivity contribution in [2.45, 2.75) is 95.5 Å². The van der Waals surface area contributed by atoms with E-state index in [9.17, 15) is 9.59 Å². The maximum atomic E-state index is 12.2. The highest BCUT2D eigenvalue weighted by Crippen LogP contribution is 2.45. The van der Waals surface area contributed by atoms with Gasteiger partial charge in [0.1, 0.15) is 6.61 Å². The number of piperidine rings is 2. The van der Waals surface area contributed by atoms with Crippen molar-refractivity contribution in [1.29, 1.82) is 0 Å². The quantitative estimate of drug-likeness (QED) is 0.456. The van der Waals surface area contributed by atoms with Crippen LogP contribution in [0.2, 0.25) is 0 Å². The molecule has 1 N–H and O–H groups in total. The van der Waals surface area contributed by atoms with Gasteiger partial charge in [-0.2, -0.15) is 0 Å². The molecule has 2 saturated carbocycles. The molecule has 2 aliphatic heterocycles. The summed E-state index contributed by atoms with van der Waals surface area (Å²) in [4.78, 5) is 26.3. The molecular formula is C31H42N2O3. The Morgan fingerprint density at radius 3 is 2.50 bits per heavy atom. The van der Waals surface area contributed by atoms with Crippen molar-refractivity contribution in [3.05, 3.63) is 35.4 Å². The van der Waals surface area contributed by atoms with Crippen molar-refractivity contribution in [1.82, 2.24) is 10.2 Å². The minimum Gasteiger partial charge on any atom is -0.366 e. The van der Waals surface area contributed by atoms with Crippen molar-refractivity contribution in [2.75, 3.05) is 26.2 Å². The minimum atomic E-state index is -0.269. The van der Waals surface area contributed by atoms with Crippen molar-refractivity contribution in [3.8, 4) is 11.8 Å². The van der Waals surface area contributed by atoms with Gasteiger partial charge < -0.3 is 9.64 Å². The van der Waals surface area contributed by atoms with Gasteiger partial charge in [0.15, 0.2) is 0 Å². The van der Waals surface area contributed by atoms with E-state index in [1.165, 1.54) is 77.4 Å². The number of hydrogen-bond donors (Lipinski definition) is 1. The van der Waals surface area contributed by atoms with Crippen LogP contribution in [0.15, 0.2) is 24.3 Å². The number of hydrogen-bond acceptors (Lipinski definition) is 4. The van der Waals surface area contributed by atoms with E-state index in [2.05, 4.69) is 22.1 Å². The highest BCUT2D eigenvalue weighted by Gasteiger charge is 2.38. The third kappa shape index (κ3) is 6.58. The van der Waals surface area contributed by atoms with Gasteiger partial charge in [-0.05, 0) is 99.9 Å². The van der Waals surface area contributed by atoms with E-state index in [-0.39, 0.29) is 17.7 Å². The van der Waals surface area contributed by atoms with Crippen molar-refractivity contribution >= 4 is 11.8 Å². The van der Waals surface area contributed by atoms with Gasteiger partial charge in [-0.25, -0.2) is 0 Å². The Bertz CT molecular complexity index is 969. The molecule has 4 aliphatic rings. The molecule has 1 unspecified atom stereocenters. The average Bonchev–Trinajstić information content (AvgIpc) is 2.90. The maximum absolute atomic E-state index is 12.2. The van der Waals surface area contributed by atoms with Gasteiger partial charge in [-0.15, -0.1) is 0 Å². The number of benzene rings is 1. The van der Waals surface area contributed by atoms with E-state index in [0.717, 1.165) is 29.9 Å². The Hall–Kier alpha value is -2.16. The first kappa shape index (κ1) is 25.5. The van der Waals surface area contributed by atoms with Crippen molar-refractivity contribution in [3.63, 3.8) is 0 Å². The molecule has 194 valence electrons. The van der Waals surface area contributed by atoms with Crippen LogP contribution in [0.1, 0.15) is 101 Å². The van der Waals surface area contributed by atoms with Crippen LogP contribution in [-0.2, 0) is 14.3 Å². The van der Waals surface area contributed by atoms with Crippen LogP contribution in [0.5, 0.6) is 0 Å². The van der Waals surface area contributed by atoms with E-state index in [4.69, 9.17) is 4.74 Å². The SMILES string of the molecule is O=C1CCC(c2cccc(C#CCOC3CCC4(CC3)CCN(CC3CCCCC3)CC4)c2)C(=O)N1. The Morgan fingerprint density at radius 2 is 1.75 bits per heavy atom. The smallest absolute Gasteiger partial charge is 0.234 e. The first-order chi connectivity index (χ1) is 17.6. The molecule has 2 amide bonds. The number of carbonyl (C=O) groups is 2. The molecule has 2 aliphatic carbocycles. The normalized spacial score (nSPS) is 25.8. The third-order valence-corrected chi connectivity index (χ3v) is 9.30. The monoisotopic (exact) mass is 490 g/mol. The zero-order chi connectivity index (χ0) is 24.8. The van der Waals surface area contributed by atoms with Crippen LogP contribution >= 0.6 is 0 Å². The van der Waals surface area contributed by atoms with Gasteiger partial charge in [0.25, 0.3) is 0 Å². The first-order valence-corrected chi connectivity index (χ1v) is 14.4. The highest BCUT2D eigenvalue weighted by atomic mass is 16.5. The van der Waals surface area contributed by atoms with E-state index in [1.807, 2.05) is 24.3 Å².